The molecule has 0 aliphatic heterocycles. The number of hydrogen-bond donors (Lipinski definition) is 3. The van der Waals surface area contributed by atoms with Crippen molar-refractivity contribution in [3.63, 3.8) is 0 Å². The van der Waals surface area contributed by atoms with Crippen LogP contribution >= 0.6 is 0 Å². The van der Waals surface area contributed by atoms with Crippen molar-refractivity contribution in [2.45, 2.75) is 24.5 Å². The third-order valence-electron chi connectivity index (χ3n) is 5.62. The lowest BCUT2D eigenvalue weighted by Gasteiger charge is -2.37. The zero-order valence-electron chi connectivity index (χ0n) is 19.1. The third-order valence-corrected chi connectivity index (χ3v) is 5.62. The number of hydrogen-bond acceptors (Lipinski definition) is 8. The second-order valence-electron chi connectivity index (χ2n) is 7.87. The van der Waals surface area contributed by atoms with Crippen LogP contribution in [0.1, 0.15) is 17.5 Å². The molecule has 3 rings (SSSR count). The van der Waals surface area contributed by atoms with Crippen LogP contribution in [0.25, 0.3) is 0 Å². The van der Waals surface area contributed by atoms with E-state index < -0.39 is 16.6 Å². The number of nitrogens with zero attached hydrogens (tertiary/aromatic N) is 1. The molecule has 1 unspecified atom stereocenters. The Morgan fingerprint density at radius 1 is 1.00 bits per heavy atom. The zero-order chi connectivity index (χ0) is 24.7. The van der Waals surface area contributed by atoms with Gasteiger partial charge in [-0.25, -0.2) is 0 Å². The average molecular weight is 468 g/mol. The molecule has 3 aromatic carbocycles. The fourth-order valence-corrected chi connectivity index (χ4v) is 3.93. The van der Waals surface area contributed by atoms with Crippen molar-refractivity contribution >= 4 is 11.4 Å². The number of nitro groups is 1. The summed E-state index contributed by atoms with van der Waals surface area (Å²) in [5.41, 5.74) is 11.9. The molecule has 5 N–H and O–H groups in total. The van der Waals surface area contributed by atoms with Crippen LogP contribution in [0.2, 0.25) is 0 Å². The van der Waals surface area contributed by atoms with Crippen LogP contribution in [0.15, 0.2) is 66.7 Å². The van der Waals surface area contributed by atoms with Crippen molar-refractivity contribution in [2.75, 3.05) is 26.5 Å². The van der Waals surface area contributed by atoms with E-state index in [1.807, 2.05) is 30.3 Å². The molecule has 0 fully saturated rings. The molecule has 0 aliphatic rings. The molecule has 180 valence electrons. The van der Waals surface area contributed by atoms with Crippen LogP contribution in [0.3, 0.4) is 0 Å². The van der Waals surface area contributed by atoms with E-state index in [9.17, 15) is 15.2 Å². The second kappa shape index (κ2) is 10.9. The first kappa shape index (κ1) is 24.8. The van der Waals surface area contributed by atoms with Crippen LogP contribution in [0.5, 0.6) is 17.2 Å². The maximum atomic E-state index is 11.5. The van der Waals surface area contributed by atoms with Crippen molar-refractivity contribution in [3.05, 3.63) is 88.0 Å². The van der Waals surface area contributed by atoms with Gasteiger partial charge in [0, 0.05) is 25.5 Å². The fraction of sp³-hybridized carbons (Fsp3) is 0.280. The van der Waals surface area contributed by atoms with Gasteiger partial charge in [0.1, 0.15) is 5.60 Å². The third kappa shape index (κ3) is 5.38. The van der Waals surface area contributed by atoms with E-state index >= 15 is 0 Å². The molecule has 0 bridgehead atoms. The molecule has 2 atom stereocenters. The number of methoxy groups -OCH3 is 2. The lowest BCUT2D eigenvalue weighted by molar-refractivity contribution is -0.384. The summed E-state index contributed by atoms with van der Waals surface area (Å²) < 4.78 is 17.4. The molecular weight excluding hydrogens is 438 g/mol. The number of nitro benzene ring substituents is 1. The number of benzene rings is 3. The van der Waals surface area contributed by atoms with Gasteiger partial charge in [-0.3, -0.25) is 10.1 Å². The molecule has 0 saturated carbocycles. The van der Waals surface area contributed by atoms with Crippen LogP contribution in [0.4, 0.5) is 11.4 Å². The molecule has 9 nitrogen and oxygen atoms in total. The van der Waals surface area contributed by atoms with Gasteiger partial charge in [-0.05, 0) is 29.3 Å². The van der Waals surface area contributed by atoms with Crippen LogP contribution in [0, 0.1) is 10.1 Å². The van der Waals surface area contributed by atoms with Gasteiger partial charge < -0.3 is 30.8 Å². The van der Waals surface area contributed by atoms with Gasteiger partial charge in [0.15, 0.2) is 22.9 Å². The quantitative estimate of drug-likeness (QED) is 0.221. The number of nitrogen functional groups attached to an aromatic ring is 1. The van der Waals surface area contributed by atoms with Gasteiger partial charge in [0.2, 0.25) is 0 Å². The summed E-state index contributed by atoms with van der Waals surface area (Å²) in [5, 5.41) is 22.1. The molecule has 0 aliphatic carbocycles. The van der Waals surface area contributed by atoms with Crippen molar-refractivity contribution in [3.8, 4) is 17.2 Å². The summed E-state index contributed by atoms with van der Waals surface area (Å²) >= 11 is 0. The highest BCUT2D eigenvalue weighted by atomic mass is 16.6. The van der Waals surface area contributed by atoms with Gasteiger partial charge >= 0.3 is 0 Å². The van der Waals surface area contributed by atoms with Crippen LogP contribution in [-0.2, 0) is 12.0 Å². The van der Waals surface area contributed by atoms with E-state index in [4.69, 9.17) is 25.7 Å². The normalized spacial score (nSPS) is 13.5. The van der Waals surface area contributed by atoms with Gasteiger partial charge in [-0.1, -0.05) is 42.5 Å². The Labute approximate surface area is 198 Å². The Kier molecular flexibility index (Phi) is 7.93. The first-order chi connectivity index (χ1) is 16.3. The molecular formula is C25H29N3O6. The Balaban J connectivity index is 2.23. The topological polar surface area (TPSA) is 143 Å². The number of aliphatic hydroxyl groups is 1. The molecule has 3 aromatic rings. The summed E-state index contributed by atoms with van der Waals surface area (Å²) in [6.45, 7) is -0.00237. The van der Waals surface area contributed by atoms with Gasteiger partial charge in [-0.2, -0.15) is 0 Å². The van der Waals surface area contributed by atoms with E-state index in [0.29, 0.717) is 23.5 Å². The lowest BCUT2D eigenvalue weighted by Crippen LogP contribution is -2.41. The zero-order valence-corrected chi connectivity index (χ0v) is 19.1. The van der Waals surface area contributed by atoms with Gasteiger partial charge in [-0.15, -0.1) is 0 Å². The fourth-order valence-electron chi connectivity index (χ4n) is 3.93. The van der Waals surface area contributed by atoms with E-state index in [-0.39, 0.29) is 30.1 Å². The van der Waals surface area contributed by atoms with Crippen molar-refractivity contribution in [1.29, 1.82) is 0 Å². The van der Waals surface area contributed by atoms with Crippen LogP contribution < -0.4 is 25.7 Å². The highest BCUT2D eigenvalue weighted by molar-refractivity contribution is 5.67. The molecule has 0 saturated heterocycles. The maximum absolute atomic E-state index is 11.5. The summed E-state index contributed by atoms with van der Waals surface area (Å²) in [5.74, 6) is 1.12. The minimum atomic E-state index is -1.19. The highest BCUT2D eigenvalue weighted by Crippen LogP contribution is 2.42. The number of aliphatic hydroxyl groups excluding tert-OH is 1. The van der Waals surface area contributed by atoms with Crippen molar-refractivity contribution in [1.82, 2.24) is 0 Å². The largest absolute Gasteiger partial charge is 0.493 e. The summed E-state index contributed by atoms with van der Waals surface area (Å²) in [4.78, 5) is 10.9. The SMILES string of the molecule is COc1ccc(C(Cc2ccccc2)(C[C@H](O)CN)Oc2cccc([N+](=O)[O-])c2N)cc1OC. The second-order valence-corrected chi connectivity index (χ2v) is 7.87. The van der Waals surface area contributed by atoms with Crippen molar-refractivity contribution < 1.29 is 24.2 Å². The minimum Gasteiger partial charge on any atom is -0.493 e. The molecule has 0 spiro atoms. The van der Waals surface area contributed by atoms with Gasteiger partial charge in [0.25, 0.3) is 5.69 Å². The van der Waals surface area contributed by atoms with Gasteiger partial charge in [0.05, 0.1) is 25.2 Å². The first-order valence-corrected chi connectivity index (χ1v) is 10.7. The number of rotatable bonds is 11. The Morgan fingerprint density at radius 2 is 1.71 bits per heavy atom. The molecule has 9 heteroatoms. The Morgan fingerprint density at radius 3 is 2.32 bits per heavy atom. The highest BCUT2D eigenvalue weighted by Gasteiger charge is 2.39. The molecule has 0 amide bonds. The van der Waals surface area contributed by atoms with E-state index in [1.54, 1.807) is 24.3 Å². The molecule has 0 radical (unpaired) electrons. The summed E-state index contributed by atoms with van der Waals surface area (Å²) in [7, 11) is 3.06. The number of para-hydroxylation sites is 1. The molecule has 0 heterocycles. The molecule has 0 aromatic heterocycles. The molecule has 34 heavy (non-hydrogen) atoms. The van der Waals surface area contributed by atoms with E-state index in [1.165, 1.54) is 26.4 Å². The monoisotopic (exact) mass is 467 g/mol. The first-order valence-electron chi connectivity index (χ1n) is 10.7. The van der Waals surface area contributed by atoms with E-state index in [0.717, 1.165) is 5.56 Å². The number of nitrogens with two attached hydrogens (primary N) is 2. The predicted octanol–water partition coefficient (Wildman–Crippen LogP) is 3.42. The average Bonchev–Trinajstić information content (AvgIpc) is 2.85. The summed E-state index contributed by atoms with van der Waals surface area (Å²) in [6.07, 6.45) is -0.504. The predicted molar refractivity (Wildman–Crippen MR) is 129 cm³/mol. The Hall–Kier alpha value is -3.82. The Bertz CT molecular complexity index is 1120. The standard InChI is InChI=1S/C25H29N3O6/c1-32-21-12-11-18(13-23(21)33-2)25(15-19(29)16-26,14-17-7-4-3-5-8-17)34-22-10-6-9-20(24(22)27)28(30)31/h3-13,19,29H,14-16,26-27H2,1-2H3/t19-,25?/m0/s1. The number of anilines is 1. The van der Waals surface area contributed by atoms with E-state index in [2.05, 4.69) is 0 Å². The summed E-state index contributed by atoms with van der Waals surface area (Å²) in [6, 6.07) is 19.3. The van der Waals surface area contributed by atoms with Crippen LogP contribution in [-0.4, -0.2) is 36.9 Å². The number of ether oxygens (including phenoxy) is 3. The van der Waals surface area contributed by atoms with Crippen molar-refractivity contribution in [2.24, 2.45) is 5.73 Å². The smallest absolute Gasteiger partial charge is 0.295 e. The lowest BCUT2D eigenvalue weighted by atomic mass is 9.82. The maximum Gasteiger partial charge on any atom is 0.295 e. The minimum absolute atomic E-state index is 0.00237.